The monoisotopic (exact) mass is 387 g/mol. The van der Waals surface area contributed by atoms with Gasteiger partial charge in [-0.25, -0.2) is 0 Å². The molecule has 1 aliphatic heterocycles. The smallest absolute Gasteiger partial charge is 0.244 e. The summed E-state index contributed by atoms with van der Waals surface area (Å²) in [6, 6.07) is 10.4. The van der Waals surface area contributed by atoms with Gasteiger partial charge in [0.25, 0.3) is 0 Å². The van der Waals surface area contributed by atoms with Crippen LogP contribution in [0.5, 0.6) is 0 Å². The molecule has 1 unspecified atom stereocenters. The first kappa shape index (κ1) is 15.5. The van der Waals surface area contributed by atoms with Gasteiger partial charge in [0, 0.05) is 29.3 Å². The van der Waals surface area contributed by atoms with Gasteiger partial charge in [-0.1, -0.05) is 33.2 Å². The number of likely N-dealkylation sites (tertiary alicyclic amines) is 1. The first-order valence-corrected chi connectivity index (χ1v) is 8.86. The van der Waals surface area contributed by atoms with Gasteiger partial charge in [-0.15, -0.1) is 0 Å². The van der Waals surface area contributed by atoms with Gasteiger partial charge in [-0.05, 0) is 43.1 Å². The fourth-order valence-electron chi connectivity index (χ4n) is 3.15. The zero-order valence-corrected chi connectivity index (χ0v) is 14.7. The molecule has 24 heavy (non-hydrogen) atoms. The Balaban J connectivity index is 1.46. The number of benzene rings is 1. The molecule has 1 atom stereocenters. The third kappa shape index (κ3) is 3.42. The number of aromatic nitrogens is 4. The Morgan fingerprint density at radius 3 is 2.92 bits per heavy atom. The summed E-state index contributed by atoms with van der Waals surface area (Å²) in [5.41, 5.74) is 2.28. The van der Waals surface area contributed by atoms with Crippen LogP contribution < -0.4 is 0 Å². The van der Waals surface area contributed by atoms with Crippen molar-refractivity contribution in [2.45, 2.75) is 31.8 Å². The normalized spacial score (nSPS) is 18.3. The fraction of sp³-hybridized carbons (Fsp3) is 0.353. The fourth-order valence-corrected chi connectivity index (χ4v) is 3.41. The number of H-pyrrole nitrogens is 1. The Morgan fingerprint density at radius 1 is 1.25 bits per heavy atom. The Kier molecular flexibility index (Phi) is 4.44. The molecule has 0 amide bonds. The molecule has 0 saturated carbocycles. The SMILES string of the molecule is Brc1ccc(Cc2noc(C3CCCN3Cc3ccn[nH]3)n2)cc1. The van der Waals surface area contributed by atoms with Crippen molar-refractivity contribution in [3.8, 4) is 0 Å². The first-order chi connectivity index (χ1) is 11.8. The second-order valence-electron chi connectivity index (χ2n) is 6.06. The molecular weight excluding hydrogens is 370 g/mol. The molecule has 0 radical (unpaired) electrons. The van der Waals surface area contributed by atoms with Crippen LogP contribution in [0.3, 0.4) is 0 Å². The van der Waals surface area contributed by atoms with E-state index in [9.17, 15) is 0 Å². The largest absolute Gasteiger partial charge is 0.338 e. The van der Waals surface area contributed by atoms with E-state index < -0.39 is 0 Å². The predicted molar refractivity (Wildman–Crippen MR) is 92.2 cm³/mol. The summed E-state index contributed by atoms with van der Waals surface area (Å²) < 4.78 is 6.63. The summed E-state index contributed by atoms with van der Waals surface area (Å²) in [4.78, 5) is 7.00. The molecular formula is C17H18BrN5O. The van der Waals surface area contributed by atoms with Gasteiger partial charge in [0.2, 0.25) is 5.89 Å². The predicted octanol–water partition coefficient (Wildman–Crippen LogP) is 3.48. The van der Waals surface area contributed by atoms with Gasteiger partial charge in [-0.3, -0.25) is 10.00 Å². The topological polar surface area (TPSA) is 70.8 Å². The van der Waals surface area contributed by atoms with Gasteiger partial charge in [-0.2, -0.15) is 10.1 Å². The lowest BCUT2D eigenvalue weighted by Crippen LogP contribution is -2.23. The highest BCUT2D eigenvalue weighted by Gasteiger charge is 2.30. The Hall–Kier alpha value is -1.99. The molecule has 1 fully saturated rings. The minimum absolute atomic E-state index is 0.194. The maximum atomic E-state index is 5.56. The van der Waals surface area contributed by atoms with E-state index >= 15 is 0 Å². The lowest BCUT2D eigenvalue weighted by atomic mass is 10.1. The molecule has 6 nitrogen and oxygen atoms in total. The third-order valence-electron chi connectivity index (χ3n) is 4.34. The van der Waals surface area contributed by atoms with Crippen molar-refractivity contribution in [2.75, 3.05) is 6.54 Å². The molecule has 3 aromatic rings. The van der Waals surface area contributed by atoms with Gasteiger partial charge < -0.3 is 4.52 Å². The van der Waals surface area contributed by atoms with Crippen LogP contribution in [-0.4, -0.2) is 31.8 Å². The van der Waals surface area contributed by atoms with E-state index in [0.29, 0.717) is 6.42 Å². The van der Waals surface area contributed by atoms with E-state index in [0.717, 1.165) is 47.8 Å². The number of halogens is 1. The van der Waals surface area contributed by atoms with Crippen LogP contribution in [0.2, 0.25) is 0 Å². The molecule has 2 aromatic heterocycles. The van der Waals surface area contributed by atoms with Crippen LogP contribution in [0.4, 0.5) is 0 Å². The highest BCUT2D eigenvalue weighted by atomic mass is 79.9. The van der Waals surface area contributed by atoms with Crippen LogP contribution in [0.15, 0.2) is 45.5 Å². The first-order valence-electron chi connectivity index (χ1n) is 8.07. The van der Waals surface area contributed by atoms with E-state index in [1.807, 2.05) is 18.2 Å². The number of hydrogen-bond donors (Lipinski definition) is 1. The second kappa shape index (κ2) is 6.86. The molecule has 1 N–H and O–H groups in total. The molecule has 124 valence electrons. The van der Waals surface area contributed by atoms with Crippen LogP contribution in [-0.2, 0) is 13.0 Å². The van der Waals surface area contributed by atoms with Crippen molar-refractivity contribution in [3.05, 3.63) is 64.0 Å². The lowest BCUT2D eigenvalue weighted by molar-refractivity contribution is 0.199. The third-order valence-corrected chi connectivity index (χ3v) is 4.87. The quantitative estimate of drug-likeness (QED) is 0.725. The van der Waals surface area contributed by atoms with E-state index in [1.54, 1.807) is 6.20 Å². The number of aromatic amines is 1. The summed E-state index contributed by atoms with van der Waals surface area (Å²) in [5, 5.41) is 11.2. The molecule has 0 aliphatic carbocycles. The molecule has 4 rings (SSSR count). The van der Waals surface area contributed by atoms with Crippen molar-refractivity contribution >= 4 is 15.9 Å². The second-order valence-corrected chi connectivity index (χ2v) is 6.98. The number of rotatable bonds is 5. The van der Waals surface area contributed by atoms with Crippen molar-refractivity contribution in [1.29, 1.82) is 0 Å². The number of nitrogens with one attached hydrogen (secondary N) is 1. The maximum Gasteiger partial charge on any atom is 0.244 e. The van der Waals surface area contributed by atoms with Crippen molar-refractivity contribution in [2.24, 2.45) is 0 Å². The van der Waals surface area contributed by atoms with E-state index in [-0.39, 0.29) is 6.04 Å². The van der Waals surface area contributed by atoms with Crippen LogP contribution in [0.1, 0.15) is 41.9 Å². The Morgan fingerprint density at radius 2 is 2.12 bits per heavy atom. The van der Waals surface area contributed by atoms with E-state index in [1.165, 1.54) is 5.56 Å². The van der Waals surface area contributed by atoms with Gasteiger partial charge in [0.1, 0.15) is 0 Å². The summed E-state index contributed by atoms with van der Waals surface area (Å²) in [6.07, 6.45) is 4.66. The van der Waals surface area contributed by atoms with Crippen LogP contribution in [0.25, 0.3) is 0 Å². The van der Waals surface area contributed by atoms with Gasteiger partial charge in [0.15, 0.2) is 5.82 Å². The molecule has 0 spiro atoms. The molecule has 1 aliphatic rings. The zero-order valence-electron chi connectivity index (χ0n) is 13.2. The molecule has 7 heteroatoms. The Labute approximate surface area is 148 Å². The minimum atomic E-state index is 0.194. The lowest BCUT2D eigenvalue weighted by Gasteiger charge is -2.20. The van der Waals surface area contributed by atoms with Gasteiger partial charge >= 0.3 is 0 Å². The number of hydrogen-bond acceptors (Lipinski definition) is 5. The molecule has 1 aromatic carbocycles. The summed E-state index contributed by atoms with van der Waals surface area (Å²) in [5.74, 6) is 1.46. The van der Waals surface area contributed by atoms with Gasteiger partial charge in [0.05, 0.1) is 6.04 Å². The van der Waals surface area contributed by atoms with E-state index in [4.69, 9.17) is 4.52 Å². The molecule has 1 saturated heterocycles. The highest BCUT2D eigenvalue weighted by Crippen LogP contribution is 2.32. The van der Waals surface area contributed by atoms with E-state index in [2.05, 4.69) is 53.3 Å². The number of nitrogens with zero attached hydrogens (tertiary/aromatic N) is 4. The average molecular weight is 388 g/mol. The van der Waals surface area contributed by atoms with Crippen LogP contribution in [0, 0.1) is 0 Å². The van der Waals surface area contributed by atoms with Crippen molar-refractivity contribution in [1.82, 2.24) is 25.2 Å². The zero-order chi connectivity index (χ0) is 16.4. The average Bonchev–Trinajstić information content (AvgIpc) is 3.32. The molecule has 3 heterocycles. The van der Waals surface area contributed by atoms with Crippen molar-refractivity contribution in [3.63, 3.8) is 0 Å². The maximum absolute atomic E-state index is 5.56. The van der Waals surface area contributed by atoms with Crippen molar-refractivity contribution < 1.29 is 4.52 Å². The summed E-state index contributed by atoms with van der Waals surface area (Å²) >= 11 is 3.45. The summed E-state index contributed by atoms with van der Waals surface area (Å²) in [6.45, 7) is 1.86. The Bertz CT molecular complexity index is 784. The highest BCUT2D eigenvalue weighted by molar-refractivity contribution is 9.10. The summed E-state index contributed by atoms with van der Waals surface area (Å²) in [7, 11) is 0. The molecule has 0 bridgehead atoms. The van der Waals surface area contributed by atoms with Crippen LogP contribution >= 0.6 is 15.9 Å². The standard InChI is InChI=1S/C17H18BrN5O/c18-13-5-3-12(4-6-13)10-16-20-17(24-22-16)15-2-1-9-23(15)11-14-7-8-19-21-14/h3-8,15H,1-2,9-11H2,(H,19,21). The minimum Gasteiger partial charge on any atom is -0.338 e.